The summed E-state index contributed by atoms with van der Waals surface area (Å²) in [5.74, 6) is -2.55. The van der Waals surface area contributed by atoms with Crippen molar-refractivity contribution in [3.8, 4) is 0 Å². The van der Waals surface area contributed by atoms with Gasteiger partial charge in [-0.05, 0) is 113 Å². The van der Waals surface area contributed by atoms with Crippen molar-refractivity contribution in [2.45, 2.75) is 130 Å². The first kappa shape index (κ1) is 58.8. The Morgan fingerprint density at radius 2 is 0.892 bits per heavy atom. The van der Waals surface area contributed by atoms with Gasteiger partial charge in [-0.25, -0.2) is 16.8 Å². The highest BCUT2D eigenvalue weighted by Gasteiger charge is 2.43. The van der Waals surface area contributed by atoms with E-state index in [-0.39, 0.29) is 60.6 Å². The van der Waals surface area contributed by atoms with Gasteiger partial charge in [-0.1, -0.05) is 91.1 Å². The summed E-state index contributed by atoms with van der Waals surface area (Å²) in [4.78, 5) is 67.2. The van der Waals surface area contributed by atoms with Crippen LogP contribution in [0.4, 0.5) is 11.4 Å². The molecule has 4 heterocycles. The lowest BCUT2D eigenvalue weighted by atomic mass is 9.87. The highest BCUT2D eigenvalue weighted by atomic mass is 32.2. The highest BCUT2D eigenvalue weighted by molar-refractivity contribution is 7.92. The van der Waals surface area contributed by atoms with Crippen molar-refractivity contribution in [1.82, 2.24) is 29.2 Å². The predicted octanol–water partition coefficient (Wildman–Crippen LogP) is 8.33. The molecule has 4 atom stereocenters. The zero-order valence-corrected chi connectivity index (χ0v) is 46.8. The van der Waals surface area contributed by atoms with Crippen LogP contribution in [-0.4, -0.2) is 96.3 Å². The fourth-order valence-corrected chi connectivity index (χ4v) is 10.7. The molecule has 2 aromatic carbocycles. The average Bonchev–Trinajstić information content (AvgIpc) is 4.04. The van der Waals surface area contributed by atoms with E-state index in [4.69, 9.17) is 0 Å². The van der Waals surface area contributed by atoms with E-state index in [0.717, 1.165) is 21.9 Å². The molecule has 2 N–H and O–H groups in total. The van der Waals surface area contributed by atoms with Gasteiger partial charge in [0.1, 0.15) is 12.1 Å². The van der Waals surface area contributed by atoms with Crippen LogP contribution < -0.4 is 20.4 Å². The number of carbonyl (C=O) groups excluding carboxylic acids is 4. The van der Waals surface area contributed by atoms with E-state index in [0.29, 0.717) is 35.3 Å². The summed E-state index contributed by atoms with van der Waals surface area (Å²) < 4.78 is 52.0. The predicted molar refractivity (Wildman–Crippen MR) is 293 cm³/mol. The van der Waals surface area contributed by atoms with Crippen molar-refractivity contribution >= 4 is 55.1 Å². The minimum Gasteiger partial charge on any atom is -0.349 e. The molecule has 0 saturated carbocycles. The highest BCUT2D eigenvalue weighted by Crippen LogP contribution is 2.36. The minimum absolute atomic E-state index is 0.0322. The van der Waals surface area contributed by atoms with E-state index in [2.05, 4.69) is 75.3 Å². The molecule has 0 aliphatic carbocycles. The first-order chi connectivity index (χ1) is 34.3. The summed E-state index contributed by atoms with van der Waals surface area (Å²) in [6, 6.07) is 20.2. The molecular formula is C56H76N8O8S2. The summed E-state index contributed by atoms with van der Waals surface area (Å²) in [7, 11) is -7.30. The smallest absolute Gasteiger partial charge is 0.248 e. The van der Waals surface area contributed by atoms with Gasteiger partial charge in [-0.3, -0.25) is 38.9 Å². The van der Waals surface area contributed by atoms with Crippen LogP contribution >= 0.6 is 0 Å². The molecule has 4 aromatic rings. The summed E-state index contributed by atoms with van der Waals surface area (Å²) in [6.07, 6.45) is 7.09. The first-order valence-electron chi connectivity index (χ1n) is 24.8. The summed E-state index contributed by atoms with van der Waals surface area (Å²) in [6.45, 7) is 31.2. The van der Waals surface area contributed by atoms with Crippen LogP contribution in [0.5, 0.6) is 0 Å². The Kier molecular flexibility index (Phi) is 18.4. The van der Waals surface area contributed by atoms with Gasteiger partial charge in [0.25, 0.3) is 0 Å². The number of nitrogens with zero attached hydrogens (tertiary/aromatic N) is 6. The van der Waals surface area contributed by atoms with Crippen LogP contribution in [0.15, 0.2) is 122 Å². The maximum Gasteiger partial charge on any atom is 0.248 e. The SMILES string of the molecule is C=CS(=O)(=O)N1CC[C@@H](C(=O)N(c2ccc(C(C)(C)C)cc2)C(C(=O)NC(C)(C)C)c2cccnc2)C1.C=CS(=O)(=O)N1CC[C@@H](C(=O)N(c2ccc(C(C)(C)C)cc2)C(C(=O)NC(C)(C)C)c2cccnc2)C1. The van der Waals surface area contributed by atoms with Crippen LogP contribution in [0.3, 0.4) is 0 Å². The Labute approximate surface area is 439 Å². The molecule has 2 aliphatic heterocycles. The number of benzene rings is 2. The number of anilines is 2. The van der Waals surface area contributed by atoms with E-state index in [9.17, 15) is 36.0 Å². The fraction of sp³-hybridized carbons (Fsp3) is 0.464. The van der Waals surface area contributed by atoms with Gasteiger partial charge in [-0.15, -0.1) is 0 Å². The van der Waals surface area contributed by atoms with Crippen LogP contribution in [-0.2, 0) is 50.1 Å². The second kappa shape index (κ2) is 23.2. The first-order valence-corrected chi connectivity index (χ1v) is 27.8. The quantitative estimate of drug-likeness (QED) is 0.124. The molecule has 2 unspecified atom stereocenters. The van der Waals surface area contributed by atoms with Gasteiger partial charge in [0, 0.05) is 95.4 Å². The van der Waals surface area contributed by atoms with E-state index in [1.807, 2.05) is 90.1 Å². The van der Waals surface area contributed by atoms with E-state index >= 15 is 0 Å². The topological polar surface area (TPSA) is 199 Å². The molecule has 0 bridgehead atoms. The maximum absolute atomic E-state index is 14.2. The summed E-state index contributed by atoms with van der Waals surface area (Å²) >= 11 is 0. The molecular weight excluding hydrogens is 977 g/mol. The third-order valence-electron chi connectivity index (χ3n) is 12.6. The number of amides is 4. The lowest BCUT2D eigenvalue weighted by Gasteiger charge is -2.35. The zero-order valence-electron chi connectivity index (χ0n) is 45.1. The normalized spacial score (nSPS) is 17.7. The number of carbonyl (C=O) groups is 4. The van der Waals surface area contributed by atoms with Crippen LogP contribution in [0.25, 0.3) is 0 Å². The number of sulfonamides is 2. The second-order valence-corrected chi connectivity index (χ2v) is 26.7. The third-order valence-corrected chi connectivity index (χ3v) is 15.6. The molecule has 2 aliphatic rings. The molecule has 2 aromatic heterocycles. The molecule has 16 nitrogen and oxygen atoms in total. The van der Waals surface area contributed by atoms with Crippen molar-refractivity contribution in [2.75, 3.05) is 36.0 Å². The number of hydrogen-bond acceptors (Lipinski definition) is 10. The molecule has 400 valence electrons. The number of aromatic nitrogens is 2. The van der Waals surface area contributed by atoms with Gasteiger partial charge in [-0.2, -0.15) is 8.61 Å². The van der Waals surface area contributed by atoms with Gasteiger partial charge in [0.15, 0.2) is 0 Å². The second-order valence-electron chi connectivity index (χ2n) is 23.0. The van der Waals surface area contributed by atoms with Crippen LogP contribution in [0, 0.1) is 11.8 Å². The fourth-order valence-electron chi connectivity index (χ4n) is 8.76. The Bertz CT molecular complexity index is 2660. The van der Waals surface area contributed by atoms with E-state index < -0.39 is 55.0 Å². The Balaban J connectivity index is 0.000000274. The third kappa shape index (κ3) is 15.0. The summed E-state index contributed by atoms with van der Waals surface area (Å²) in [5.41, 5.74) is 3.15. The number of rotatable bonds is 14. The van der Waals surface area contributed by atoms with Crippen LogP contribution in [0.1, 0.15) is 130 Å². The van der Waals surface area contributed by atoms with E-state index in [1.54, 1.807) is 49.1 Å². The number of pyridine rings is 2. The molecule has 2 saturated heterocycles. The molecule has 0 spiro atoms. The Morgan fingerprint density at radius 1 is 0.568 bits per heavy atom. The Hall–Kier alpha value is -6.08. The summed E-state index contributed by atoms with van der Waals surface area (Å²) in [5, 5.41) is 7.82. The van der Waals surface area contributed by atoms with Crippen molar-refractivity contribution in [1.29, 1.82) is 0 Å². The lowest BCUT2D eigenvalue weighted by Crippen LogP contribution is -2.51. The molecule has 0 radical (unpaired) electrons. The number of nitrogens with one attached hydrogen (secondary N) is 2. The van der Waals surface area contributed by atoms with Gasteiger partial charge >= 0.3 is 0 Å². The standard InChI is InChI=1S/2C28H38N4O4S/c2*1-8-37(35,36)31-17-15-21(19-31)26(34)32(23-13-11-22(12-14-23)27(2,3)4)24(20-10-9-16-29-18-20)25(33)30-28(5,6)7/h2*8-14,16,18,21,24H,1,15,17,19H2,2-7H3,(H,30,33)/t2*21-,24?/m11/s1. The van der Waals surface area contributed by atoms with Gasteiger partial charge < -0.3 is 10.6 Å². The molecule has 18 heteroatoms. The molecule has 4 amide bonds. The van der Waals surface area contributed by atoms with Crippen molar-refractivity contribution < 1.29 is 36.0 Å². The largest absolute Gasteiger partial charge is 0.349 e. The van der Waals surface area contributed by atoms with Gasteiger partial charge in [0.2, 0.25) is 43.7 Å². The molecule has 2 fully saturated rings. The molecule has 74 heavy (non-hydrogen) atoms. The Morgan fingerprint density at radius 3 is 1.15 bits per heavy atom. The molecule has 6 rings (SSSR count). The average molecular weight is 1050 g/mol. The van der Waals surface area contributed by atoms with Crippen molar-refractivity contribution in [3.63, 3.8) is 0 Å². The number of hydrogen-bond donors (Lipinski definition) is 2. The lowest BCUT2D eigenvalue weighted by molar-refractivity contribution is -0.129. The van der Waals surface area contributed by atoms with Crippen LogP contribution in [0.2, 0.25) is 0 Å². The maximum atomic E-state index is 14.2. The monoisotopic (exact) mass is 1050 g/mol. The van der Waals surface area contributed by atoms with E-state index in [1.165, 1.54) is 18.4 Å². The van der Waals surface area contributed by atoms with Crippen molar-refractivity contribution in [2.24, 2.45) is 11.8 Å². The van der Waals surface area contributed by atoms with Crippen molar-refractivity contribution in [3.05, 3.63) is 144 Å². The minimum atomic E-state index is -3.65. The zero-order chi connectivity index (χ0) is 55.2. The van der Waals surface area contributed by atoms with Gasteiger partial charge in [0.05, 0.1) is 11.8 Å².